The van der Waals surface area contributed by atoms with Crippen molar-refractivity contribution in [3.63, 3.8) is 0 Å². The highest BCUT2D eigenvalue weighted by Crippen LogP contribution is 2.31. The Kier molecular flexibility index (Phi) is 5.61. The topological polar surface area (TPSA) is 42.8 Å². The van der Waals surface area contributed by atoms with E-state index < -0.39 is 0 Å². The Bertz CT molecular complexity index is 1040. The van der Waals surface area contributed by atoms with Gasteiger partial charge in [-0.05, 0) is 68.5 Å². The molecule has 4 heteroatoms. The summed E-state index contributed by atoms with van der Waals surface area (Å²) in [5.41, 5.74) is 6.15. The van der Waals surface area contributed by atoms with Crippen molar-refractivity contribution in [2.24, 2.45) is 4.99 Å². The first kappa shape index (κ1) is 18.8. The van der Waals surface area contributed by atoms with E-state index in [1.165, 1.54) is 0 Å². The molecule has 3 aromatic rings. The Balaban J connectivity index is 1.61. The summed E-state index contributed by atoms with van der Waals surface area (Å²) in [7, 11) is 0. The van der Waals surface area contributed by atoms with Gasteiger partial charge in [-0.2, -0.15) is 0 Å². The molecule has 29 heavy (non-hydrogen) atoms. The molecule has 0 aromatic heterocycles. The fourth-order valence-electron chi connectivity index (χ4n) is 3.31. The number of allylic oxidation sites excluding steroid dienone is 1. The molecule has 3 aromatic carbocycles. The molecule has 0 spiro atoms. The first-order valence-electron chi connectivity index (χ1n) is 9.89. The van der Waals surface area contributed by atoms with Crippen LogP contribution in [0, 0.1) is 0 Å². The van der Waals surface area contributed by atoms with Crippen molar-refractivity contribution in [2.45, 2.75) is 13.8 Å². The van der Waals surface area contributed by atoms with Crippen molar-refractivity contribution >= 4 is 22.8 Å². The van der Waals surface area contributed by atoms with E-state index in [1.54, 1.807) is 0 Å². The van der Waals surface area contributed by atoms with Crippen LogP contribution in [0.3, 0.4) is 0 Å². The normalized spacial score (nSPS) is 13.7. The van der Waals surface area contributed by atoms with E-state index in [0.29, 0.717) is 13.2 Å². The molecule has 0 unspecified atom stereocenters. The van der Waals surface area contributed by atoms with E-state index in [9.17, 15) is 0 Å². The van der Waals surface area contributed by atoms with Gasteiger partial charge in [-0.15, -0.1) is 0 Å². The summed E-state index contributed by atoms with van der Waals surface area (Å²) < 4.78 is 11.0. The number of hydrogen-bond acceptors (Lipinski definition) is 4. The Morgan fingerprint density at radius 3 is 1.93 bits per heavy atom. The van der Waals surface area contributed by atoms with Gasteiger partial charge in [0.1, 0.15) is 11.5 Å². The number of ether oxygens (including phenoxy) is 2. The highest BCUT2D eigenvalue weighted by molar-refractivity contribution is 6.21. The van der Waals surface area contributed by atoms with Crippen LogP contribution in [0.25, 0.3) is 5.70 Å². The van der Waals surface area contributed by atoms with Gasteiger partial charge in [-0.1, -0.05) is 24.3 Å². The van der Waals surface area contributed by atoms with E-state index in [4.69, 9.17) is 14.5 Å². The minimum absolute atomic E-state index is 0.657. The molecular formula is C25H24N2O2. The SMILES string of the molecule is CCOc1ccc(N=C2C=C(Nc3ccc(OCC)cc3)c3ccccc32)cc1. The molecule has 1 aliphatic rings. The van der Waals surface area contributed by atoms with Gasteiger partial charge in [0.2, 0.25) is 0 Å². The van der Waals surface area contributed by atoms with E-state index >= 15 is 0 Å². The number of benzene rings is 3. The van der Waals surface area contributed by atoms with Gasteiger partial charge in [-0.3, -0.25) is 0 Å². The number of fused-ring (bicyclic) bond motifs is 1. The number of aliphatic imine (C=N–C) groups is 1. The van der Waals surface area contributed by atoms with E-state index in [0.717, 1.165) is 45.4 Å². The maximum atomic E-state index is 5.52. The van der Waals surface area contributed by atoms with Crippen molar-refractivity contribution in [1.82, 2.24) is 0 Å². The lowest BCUT2D eigenvalue weighted by atomic mass is 10.1. The molecule has 0 radical (unpaired) electrons. The second kappa shape index (κ2) is 8.65. The van der Waals surface area contributed by atoms with Crippen LogP contribution < -0.4 is 14.8 Å². The summed E-state index contributed by atoms with van der Waals surface area (Å²) in [5.74, 6) is 1.73. The van der Waals surface area contributed by atoms with Crippen molar-refractivity contribution in [2.75, 3.05) is 18.5 Å². The zero-order chi connectivity index (χ0) is 20.1. The quantitative estimate of drug-likeness (QED) is 0.537. The summed E-state index contributed by atoms with van der Waals surface area (Å²) >= 11 is 0. The van der Waals surface area contributed by atoms with E-state index in [2.05, 4.69) is 23.5 Å². The minimum Gasteiger partial charge on any atom is -0.494 e. The Hall–Kier alpha value is -3.53. The second-order valence-corrected chi connectivity index (χ2v) is 6.61. The number of nitrogens with one attached hydrogen (secondary N) is 1. The van der Waals surface area contributed by atoms with Gasteiger partial charge < -0.3 is 14.8 Å². The zero-order valence-electron chi connectivity index (χ0n) is 16.7. The van der Waals surface area contributed by atoms with Crippen LogP contribution in [0.4, 0.5) is 11.4 Å². The number of anilines is 1. The maximum absolute atomic E-state index is 5.52. The highest BCUT2D eigenvalue weighted by Gasteiger charge is 2.19. The summed E-state index contributed by atoms with van der Waals surface area (Å²) in [5, 5.41) is 3.51. The number of nitrogens with zero attached hydrogens (tertiary/aromatic N) is 1. The average Bonchev–Trinajstić information content (AvgIpc) is 3.09. The standard InChI is InChI=1S/C25H24N2O2/c1-3-28-20-13-9-18(10-14-20)26-24-17-25(23-8-6-5-7-22(23)24)27-19-11-15-21(16-12-19)29-4-2/h5-17,26H,3-4H2,1-2H3. The van der Waals surface area contributed by atoms with Gasteiger partial charge in [-0.25, -0.2) is 4.99 Å². The minimum atomic E-state index is 0.657. The monoisotopic (exact) mass is 384 g/mol. The van der Waals surface area contributed by atoms with Crippen LogP contribution in [0.1, 0.15) is 25.0 Å². The molecule has 0 fully saturated rings. The fourth-order valence-corrected chi connectivity index (χ4v) is 3.31. The molecular weight excluding hydrogens is 360 g/mol. The second-order valence-electron chi connectivity index (χ2n) is 6.61. The molecule has 0 bridgehead atoms. The Morgan fingerprint density at radius 1 is 0.724 bits per heavy atom. The predicted octanol–water partition coefficient (Wildman–Crippen LogP) is 6.07. The third kappa shape index (κ3) is 4.32. The molecule has 0 heterocycles. The molecule has 0 saturated carbocycles. The van der Waals surface area contributed by atoms with Crippen LogP contribution in [0.5, 0.6) is 11.5 Å². The van der Waals surface area contributed by atoms with Gasteiger partial charge >= 0.3 is 0 Å². The molecule has 0 atom stereocenters. The predicted molar refractivity (Wildman–Crippen MR) is 119 cm³/mol. The lowest BCUT2D eigenvalue weighted by molar-refractivity contribution is 0.340. The van der Waals surface area contributed by atoms with Crippen molar-refractivity contribution in [3.8, 4) is 11.5 Å². The van der Waals surface area contributed by atoms with Gasteiger partial charge in [0.25, 0.3) is 0 Å². The summed E-state index contributed by atoms with van der Waals surface area (Å²) in [6, 6.07) is 24.2. The van der Waals surface area contributed by atoms with Gasteiger partial charge in [0.15, 0.2) is 0 Å². The fraction of sp³-hybridized carbons (Fsp3) is 0.160. The lowest BCUT2D eigenvalue weighted by Crippen LogP contribution is -1.97. The summed E-state index contributed by atoms with van der Waals surface area (Å²) in [4.78, 5) is 4.86. The number of hydrogen-bond donors (Lipinski definition) is 1. The third-order valence-corrected chi connectivity index (χ3v) is 4.62. The van der Waals surface area contributed by atoms with E-state index in [1.807, 2.05) is 74.5 Å². The molecule has 1 aliphatic carbocycles. The maximum Gasteiger partial charge on any atom is 0.119 e. The Morgan fingerprint density at radius 2 is 1.31 bits per heavy atom. The average molecular weight is 384 g/mol. The molecule has 146 valence electrons. The highest BCUT2D eigenvalue weighted by atomic mass is 16.5. The largest absolute Gasteiger partial charge is 0.494 e. The Labute approximate surface area is 171 Å². The lowest BCUT2D eigenvalue weighted by Gasteiger charge is -2.10. The molecule has 0 amide bonds. The summed E-state index contributed by atoms with van der Waals surface area (Å²) in [6.07, 6.45) is 2.09. The van der Waals surface area contributed by atoms with Crippen LogP contribution in [0.2, 0.25) is 0 Å². The van der Waals surface area contributed by atoms with Crippen molar-refractivity contribution in [3.05, 3.63) is 90.0 Å². The van der Waals surface area contributed by atoms with Crippen molar-refractivity contribution in [1.29, 1.82) is 0 Å². The summed E-state index contributed by atoms with van der Waals surface area (Å²) in [6.45, 7) is 5.28. The van der Waals surface area contributed by atoms with Gasteiger partial charge in [0.05, 0.1) is 24.6 Å². The molecule has 0 aliphatic heterocycles. The third-order valence-electron chi connectivity index (χ3n) is 4.62. The molecule has 4 nitrogen and oxygen atoms in total. The first-order chi connectivity index (χ1) is 14.3. The molecule has 4 rings (SSSR count). The first-order valence-corrected chi connectivity index (χ1v) is 9.89. The van der Waals surface area contributed by atoms with Crippen LogP contribution >= 0.6 is 0 Å². The van der Waals surface area contributed by atoms with Gasteiger partial charge in [0, 0.05) is 22.5 Å². The smallest absolute Gasteiger partial charge is 0.119 e. The van der Waals surface area contributed by atoms with Crippen molar-refractivity contribution < 1.29 is 9.47 Å². The van der Waals surface area contributed by atoms with Crippen LogP contribution in [-0.2, 0) is 0 Å². The zero-order valence-corrected chi connectivity index (χ0v) is 16.7. The molecule has 1 N–H and O–H groups in total. The van der Waals surface area contributed by atoms with Crippen LogP contribution in [0.15, 0.2) is 83.9 Å². The number of rotatable bonds is 7. The van der Waals surface area contributed by atoms with E-state index in [-0.39, 0.29) is 0 Å². The van der Waals surface area contributed by atoms with Crippen LogP contribution in [-0.4, -0.2) is 18.9 Å². The molecule has 0 saturated heterocycles.